The minimum absolute atomic E-state index is 0.0350. The minimum atomic E-state index is -0.486. The van der Waals surface area contributed by atoms with Gasteiger partial charge in [0.25, 0.3) is 5.69 Å². The molecule has 4 rings (SSSR count). The number of hydrogen-bond acceptors (Lipinski definition) is 7. The highest BCUT2D eigenvalue weighted by molar-refractivity contribution is 8.00. The lowest BCUT2D eigenvalue weighted by Crippen LogP contribution is -2.14. The van der Waals surface area contributed by atoms with Crippen molar-refractivity contribution in [2.75, 3.05) is 18.2 Å². The molecule has 1 aromatic heterocycles. The number of nitrogens with one attached hydrogen (secondary N) is 1. The molecule has 0 bridgehead atoms. The van der Waals surface area contributed by atoms with Crippen LogP contribution in [-0.2, 0) is 4.79 Å². The number of carbonyl (C=O) groups excluding carboxylic acids is 1. The summed E-state index contributed by atoms with van der Waals surface area (Å²) in [6.07, 6.45) is 0. The first-order chi connectivity index (χ1) is 15.5. The van der Waals surface area contributed by atoms with Gasteiger partial charge >= 0.3 is 0 Å². The van der Waals surface area contributed by atoms with Crippen molar-refractivity contribution in [1.29, 1.82) is 0 Å². The van der Waals surface area contributed by atoms with Gasteiger partial charge in [0.2, 0.25) is 5.91 Å². The van der Waals surface area contributed by atoms with E-state index in [2.05, 4.69) is 10.3 Å². The van der Waals surface area contributed by atoms with Gasteiger partial charge < -0.3 is 10.1 Å². The van der Waals surface area contributed by atoms with Crippen molar-refractivity contribution >= 4 is 39.9 Å². The topological polar surface area (TPSA) is 107 Å². The zero-order chi connectivity index (χ0) is 22.5. The molecule has 0 saturated carbocycles. The van der Waals surface area contributed by atoms with Crippen LogP contribution in [0.2, 0.25) is 0 Å². The number of non-ortho nitro benzene ring substituents is 1. The summed E-state index contributed by atoms with van der Waals surface area (Å²) < 4.78 is 5.48. The van der Waals surface area contributed by atoms with E-state index in [-0.39, 0.29) is 17.3 Å². The van der Waals surface area contributed by atoms with Crippen LogP contribution in [0.3, 0.4) is 0 Å². The summed E-state index contributed by atoms with van der Waals surface area (Å²) in [6, 6.07) is 20.9. The Morgan fingerprint density at radius 2 is 1.78 bits per heavy atom. The Bertz CT molecular complexity index is 1280. The SMILES string of the molecule is COc1cccc2c(SCC(=O)Nc3ccc([N+](=O)[O-])cc3)nc(-c3ccccc3)nc12. The number of para-hydroxylation sites is 1. The van der Waals surface area contributed by atoms with E-state index in [1.807, 2.05) is 48.5 Å². The molecule has 0 atom stereocenters. The Balaban J connectivity index is 1.59. The number of ether oxygens (including phenoxy) is 1. The van der Waals surface area contributed by atoms with Gasteiger partial charge in [0, 0.05) is 28.8 Å². The second-order valence-electron chi connectivity index (χ2n) is 6.72. The fourth-order valence-corrected chi connectivity index (χ4v) is 3.90. The number of hydrogen-bond donors (Lipinski definition) is 1. The van der Waals surface area contributed by atoms with E-state index in [0.29, 0.717) is 27.8 Å². The van der Waals surface area contributed by atoms with Gasteiger partial charge in [-0.05, 0) is 24.3 Å². The Morgan fingerprint density at radius 1 is 1.03 bits per heavy atom. The highest BCUT2D eigenvalue weighted by Gasteiger charge is 2.15. The van der Waals surface area contributed by atoms with E-state index < -0.39 is 4.92 Å². The summed E-state index contributed by atoms with van der Waals surface area (Å²) in [7, 11) is 1.59. The molecule has 0 spiro atoms. The van der Waals surface area contributed by atoms with Crippen LogP contribution in [0.1, 0.15) is 0 Å². The van der Waals surface area contributed by atoms with Crippen molar-refractivity contribution in [3.63, 3.8) is 0 Å². The zero-order valence-corrected chi connectivity index (χ0v) is 17.8. The third-order valence-electron chi connectivity index (χ3n) is 4.61. The number of carbonyl (C=O) groups is 1. The fraction of sp³-hybridized carbons (Fsp3) is 0.0870. The summed E-state index contributed by atoms with van der Waals surface area (Å²) >= 11 is 1.29. The number of benzene rings is 3. The van der Waals surface area contributed by atoms with E-state index in [1.54, 1.807) is 7.11 Å². The van der Waals surface area contributed by atoms with Crippen molar-refractivity contribution in [2.45, 2.75) is 5.03 Å². The van der Waals surface area contributed by atoms with Crippen LogP contribution in [0.4, 0.5) is 11.4 Å². The Hall–Kier alpha value is -3.98. The van der Waals surface area contributed by atoms with E-state index in [0.717, 1.165) is 10.9 Å². The number of nitro benzene ring substituents is 1. The fourth-order valence-electron chi connectivity index (χ4n) is 3.09. The molecule has 0 aliphatic heterocycles. The maximum absolute atomic E-state index is 12.5. The maximum Gasteiger partial charge on any atom is 0.269 e. The lowest BCUT2D eigenvalue weighted by atomic mass is 10.2. The second-order valence-corrected chi connectivity index (χ2v) is 7.68. The minimum Gasteiger partial charge on any atom is -0.494 e. The number of nitro groups is 1. The van der Waals surface area contributed by atoms with E-state index in [9.17, 15) is 14.9 Å². The van der Waals surface area contributed by atoms with Gasteiger partial charge in [0.1, 0.15) is 16.3 Å². The van der Waals surface area contributed by atoms with Gasteiger partial charge in [-0.2, -0.15) is 0 Å². The van der Waals surface area contributed by atoms with Crippen LogP contribution in [0.5, 0.6) is 5.75 Å². The number of nitrogens with zero attached hydrogens (tertiary/aromatic N) is 3. The third kappa shape index (κ3) is 4.68. The quantitative estimate of drug-likeness (QED) is 0.185. The molecular formula is C23H18N4O4S. The van der Waals surface area contributed by atoms with Crippen LogP contribution in [0.15, 0.2) is 77.8 Å². The van der Waals surface area contributed by atoms with Crippen molar-refractivity contribution in [3.8, 4) is 17.1 Å². The molecule has 0 radical (unpaired) electrons. The van der Waals surface area contributed by atoms with Gasteiger partial charge in [-0.15, -0.1) is 0 Å². The van der Waals surface area contributed by atoms with E-state index >= 15 is 0 Å². The normalized spacial score (nSPS) is 10.7. The van der Waals surface area contributed by atoms with Crippen molar-refractivity contribution < 1.29 is 14.5 Å². The molecule has 0 fully saturated rings. The summed E-state index contributed by atoms with van der Waals surface area (Å²) in [4.78, 5) is 32.2. The Kier molecular flexibility index (Phi) is 6.27. The number of methoxy groups -OCH3 is 1. The summed E-state index contributed by atoms with van der Waals surface area (Å²) in [5.74, 6) is 1.02. The molecule has 1 heterocycles. The van der Waals surface area contributed by atoms with Crippen LogP contribution in [0, 0.1) is 10.1 Å². The lowest BCUT2D eigenvalue weighted by molar-refractivity contribution is -0.384. The summed E-state index contributed by atoms with van der Waals surface area (Å²) in [5, 5.41) is 15.0. The molecule has 32 heavy (non-hydrogen) atoms. The van der Waals surface area contributed by atoms with Crippen LogP contribution >= 0.6 is 11.8 Å². The second kappa shape index (κ2) is 9.44. The molecule has 0 aliphatic rings. The molecular weight excluding hydrogens is 428 g/mol. The Labute approximate surface area is 187 Å². The molecule has 160 valence electrons. The first-order valence-electron chi connectivity index (χ1n) is 9.62. The van der Waals surface area contributed by atoms with Gasteiger partial charge in [-0.25, -0.2) is 9.97 Å². The smallest absolute Gasteiger partial charge is 0.269 e. The van der Waals surface area contributed by atoms with E-state index in [1.165, 1.54) is 36.0 Å². The number of rotatable bonds is 7. The van der Waals surface area contributed by atoms with Crippen molar-refractivity contribution in [1.82, 2.24) is 9.97 Å². The summed E-state index contributed by atoms with van der Waals surface area (Å²) in [5.41, 5.74) is 1.98. The maximum atomic E-state index is 12.5. The largest absolute Gasteiger partial charge is 0.494 e. The zero-order valence-electron chi connectivity index (χ0n) is 17.0. The third-order valence-corrected chi connectivity index (χ3v) is 5.60. The number of anilines is 1. The average Bonchev–Trinajstić information content (AvgIpc) is 2.82. The van der Waals surface area contributed by atoms with Crippen molar-refractivity contribution in [3.05, 3.63) is 82.9 Å². The monoisotopic (exact) mass is 446 g/mol. The van der Waals surface area contributed by atoms with Crippen LogP contribution in [-0.4, -0.2) is 33.7 Å². The van der Waals surface area contributed by atoms with Crippen LogP contribution < -0.4 is 10.1 Å². The number of fused-ring (bicyclic) bond motifs is 1. The molecule has 1 amide bonds. The Morgan fingerprint density at radius 3 is 2.47 bits per heavy atom. The van der Waals surface area contributed by atoms with Gasteiger partial charge in [-0.1, -0.05) is 48.2 Å². The van der Waals surface area contributed by atoms with Gasteiger partial charge in [-0.3, -0.25) is 14.9 Å². The number of aromatic nitrogens is 2. The molecule has 9 heteroatoms. The average molecular weight is 446 g/mol. The molecule has 0 aliphatic carbocycles. The first kappa shape index (κ1) is 21.3. The predicted molar refractivity (Wildman–Crippen MR) is 124 cm³/mol. The number of thioether (sulfide) groups is 1. The van der Waals surface area contributed by atoms with E-state index in [4.69, 9.17) is 9.72 Å². The first-order valence-corrected chi connectivity index (χ1v) is 10.6. The highest BCUT2D eigenvalue weighted by atomic mass is 32.2. The van der Waals surface area contributed by atoms with Crippen LogP contribution in [0.25, 0.3) is 22.3 Å². The van der Waals surface area contributed by atoms with Gasteiger partial charge in [0.05, 0.1) is 17.8 Å². The predicted octanol–water partition coefficient (Wildman–Crippen LogP) is 4.94. The molecule has 8 nitrogen and oxygen atoms in total. The molecule has 4 aromatic rings. The molecule has 0 saturated heterocycles. The van der Waals surface area contributed by atoms with Gasteiger partial charge in [0.15, 0.2) is 5.82 Å². The number of amides is 1. The molecule has 0 unspecified atom stereocenters. The highest BCUT2D eigenvalue weighted by Crippen LogP contribution is 2.33. The van der Waals surface area contributed by atoms with Crippen molar-refractivity contribution in [2.24, 2.45) is 0 Å². The lowest BCUT2D eigenvalue weighted by Gasteiger charge is -2.11. The molecule has 3 aromatic carbocycles. The molecule has 1 N–H and O–H groups in total. The standard InChI is InChI=1S/C23H18N4O4S/c1-31-19-9-5-8-18-21(19)25-22(15-6-3-2-4-7-15)26-23(18)32-14-20(28)24-16-10-12-17(13-11-16)27(29)30/h2-13H,14H2,1H3,(H,24,28). The summed E-state index contributed by atoms with van der Waals surface area (Å²) in [6.45, 7) is 0.